The van der Waals surface area contributed by atoms with E-state index < -0.39 is 0 Å². The molecule has 0 fully saturated rings. The van der Waals surface area contributed by atoms with Crippen molar-refractivity contribution in [2.75, 3.05) is 0 Å². The zero-order valence-electron chi connectivity index (χ0n) is 12.5. The van der Waals surface area contributed by atoms with Crippen LogP contribution < -0.4 is 5.32 Å². The number of nitrogens with one attached hydrogen (secondary N) is 1. The molecule has 1 N–H and O–H groups in total. The first kappa shape index (κ1) is 15.9. The van der Waals surface area contributed by atoms with Crippen LogP contribution in [0.5, 0.6) is 0 Å². The number of benzene rings is 1. The van der Waals surface area contributed by atoms with E-state index in [2.05, 4.69) is 32.8 Å². The van der Waals surface area contributed by atoms with Gasteiger partial charge < -0.3 is 5.32 Å². The largest absolute Gasteiger partial charge is 0.351 e. The monoisotopic (exact) mass is 374 g/mol. The van der Waals surface area contributed by atoms with E-state index in [1.807, 2.05) is 12.1 Å². The lowest BCUT2D eigenvalue weighted by atomic mass is 9.83. The maximum atomic E-state index is 13.8. The Balaban J connectivity index is 1.74. The Hall–Kier alpha value is -2.01. The molecule has 1 heterocycles. The van der Waals surface area contributed by atoms with Crippen LogP contribution in [0.1, 0.15) is 35.6 Å². The first-order valence-electron chi connectivity index (χ1n) is 7.41. The third kappa shape index (κ3) is 3.34. The molecule has 0 spiro atoms. The zero-order valence-corrected chi connectivity index (χ0v) is 14.1. The summed E-state index contributed by atoms with van der Waals surface area (Å²) in [7, 11) is 0. The van der Waals surface area contributed by atoms with Gasteiger partial charge in [0.2, 0.25) is 5.91 Å². The summed E-state index contributed by atoms with van der Waals surface area (Å²) >= 11 is 3.22. The topological polar surface area (TPSA) is 42.0 Å². The number of carbonyl (C=O) groups excluding carboxylic acids is 1. The van der Waals surface area contributed by atoms with E-state index in [0.29, 0.717) is 16.5 Å². The molecule has 3 rings (SSSR count). The van der Waals surface area contributed by atoms with E-state index in [0.717, 1.165) is 23.3 Å². The van der Waals surface area contributed by atoms with E-state index in [1.165, 1.54) is 6.07 Å². The second-order valence-electron chi connectivity index (χ2n) is 5.59. The van der Waals surface area contributed by atoms with Gasteiger partial charge in [0.1, 0.15) is 5.82 Å². The molecule has 0 radical (unpaired) electrons. The Morgan fingerprint density at radius 3 is 3.04 bits per heavy atom. The molecule has 1 amide bonds. The van der Waals surface area contributed by atoms with Gasteiger partial charge in [-0.3, -0.25) is 9.78 Å². The second-order valence-corrected chi connectivity index (χ2v) is 6.51. The number of hydrogen-bond acceptors (Lipinski definition) is 2. The number of aromatic nitrogens is 1. The Morgan fingerprint density at radius 2 is 2.26 bits per heavy atom. The average molecular weight is 375 g/mol. The van der Waals surface area contributed by atoms with Gasteiger partial charge in [-0.1, -0.05) is 34.6 Å². The lowest BCUT2D eigenvalue weighted by molar-refractivity contribution is -0.122. The van der Waals surface area contributed by atoms with E-state index in [4.69, 9.17) is 0 Å². The van der Waals surface area contributed by atoms with E-state index in [-0.39, 0.29) is 24.2 Å². The van der Waals surface area contributed by atoms with Crippen molar-refractivity contribution in [1.29, 1.82) is 0 Å². The maximum absolute atomic E-state index is 13.8. The van der Waals surface area contributed by atoms with E-state index >= 15 is 0 Å². The highest BCUT2D eigenvalue weighted by atomic mass is 79.9. The Labute approximate surface area is 142 Å². The molecule has 0 aliphatic heterocycles. The molecule has 1 aromatic carbocycles. The number of nitrogens with zero attached hydrogens (tertiary/aromatic N) is 1. The van der Waals surface area contributed by atoms with Gasteiger partial charge in [0.05, 0.1) is 11.6 Å². The molecule has 5 heteroatoms. The second kappa shape index (κ2) is 6.62. The molecular formula is C18H16BrFN2O. The van der Waals surface area contributed by atoms with Crippen molar-refractivity contribution >= 4 is 27.4 Å². The molecule has 1 aliphatic carbocycles. The quantitative estimate of drug-likeness (QED) is 0.874. The maximum Gasteiger partial charge on any atom is 0.227 e. The van der Waals surface area contributed by atoms with Crippen LogP contribution in [0.15, 0.2) is 47.6 Å². The predicted molar refractivity (Wildman–Crippen MR) is 91.2 cm³/mol. The molecule has 1 unspecified atom stereocenters. The summed E-state index contributed by atoms with van der Waals surface area (Å²) in [6.45, 7) is 4.19. The van der Waals surface area contributed by atoms with E-state index in [9.17, 15) is 9.18 Å². The molecule has 0 saturated carbocycles. The number of fused-ring (bicyclic) bond motifs is 1. The first-order chi connectivity index (χ1) is 11.1. The summed E-state index contributed by atoms with van der Waals surface area (Å²) in [6, 6.07) is 8.56. The highest BCUT2D eigenvalue weighted by Gasteiger charge is 2.28. The summed E-state index contributed by atoms with van der Waals surface area (Å²) in [5.74, 6) is -0.699. The molecule has 1 aromatic heterocycles. The molecule has 1 atom stereocenters. The lowest BCUT2D eigenvalue weighted by Crippen LogP contribution is -2.31. The molecule has 23 heavy (non-hydrogen) atoms. The van der Waals surface area contributed by atoms with Crippen LogP contribution in [0.2, 0.25) is 0 Å². The van der Waals surface area contributed by atoms with Crippen molar-refractivity contribution in [2.45, 2.75) is 25.3 Å². The standard InChI is InChI=1S/C18H16BrFN2O/c1-11-4-7-15(14-3-2-8-21-17(11)14)18(23)22-10-12-5-6-13(19)9-16(12)20/h2-3,5-6,8-9,15H,1,4,7,10H2,(H,22,23). The number of hydrogen-bond donors (Lipinski definition) is 1. The lowest BCUT2D eigenvalue weighted by Gasteiger charge is -2.25. The van der Waals surface area contributed by atoms with Crippen LogP contribution in [0.25, 0.3) is 5.57 Å². The van der Waals surface area contributed by atoms with Crippen molar-refractivity contribution < 1.29 is 9.18 Å². The fourth-order valence-corrected chi connectivity index (χ4v) is 3.16. The highest BCUT2D eigenvalue weighted by molar-refractivity contribution is 9.10. The van der Waals surface area contributed by atoms with Crippen molar-refractivity contribution in [3.05, 3.63) is 70.2 Å². The number of allylic oxidation sites excluding steroid dienone is 1. The number of halogens is 2. The number of pyridine rings is 1. The highest BCUT2D eigenvalue weighted by Crippen LogP contribution is 2.36. The summed E-state index contributed by atoms with van der Waals surface area (Å²) in [6.07, 6.45) is 3.16. The third-order valence-corrected chi connectivity index (χ3v) is 4.56. The van der Waals surface area contributed by atoms with Crippen LogP contribution in [-0.2, 0) is 11.3 Å². The minimum atomic E-state index is -0.334. The normalized spacial score (nSPS) is 16.8. The Bertz CT molecular complexity index is 775. The van der Waals surface area contributed by atoms with Gasteiger partial charge in [-0.2, -0.15) is 0 Å². The van der Waals surface area contributed by atoms with Crippen molar-refractivity contribution in [3.63, 3.8) is 0 Å². The fourth-order valence-electron chi connectivity index (χ4n) is 2.83. The Kier molecular flexibility index (Phi) is 4.57. The van der Waals surface area contributed by atoms with Crippen LogP contribution >= 0.6 is 15.9 Å². The molecule has 2 aromatic rings. The number of carbonyl (C=O) groups is 1. The van der Waals surface area contributed by atoms with Gasteiger partial charge in [0, 0.05) is 22.8 Å². The van der Waals surface area contributed by atoms with Crippen molar-refractivity contribution in [3.8, 4) is 0 Å². The summed E-state index contributed by atoms with van der Waals surface area (Å²) in [5, 5.41) is 2.83. The van der Waals surface area contributed by atoms with Crippen LogP contribution in [0.4, 0.5) is 4.39 Å². The summed E-state index contributed by atoms with van der Waals surface area (Å²) < 4.78 is 14.5. The van der Waals surface area contributed by atoms with E-state index in [1.54, 1.807) is 18.3 Å². The zero-order chi connectivity index (χ0) is 16.4. The first-order valence-corrected chi connectivity index (χ1v) is 8.20. The summed E-state index contributed by atoms with van der Waals surface area (Å²) in [5.41, 5.74) is 3.14. The van der Waals surface area contributed by atoms with Gasteiger partial charge in [-0.15, -0.1) is 0 Å². The van der Waals surface area contributed by atoms with Crippen molar-refractivity contribution in [1.82, 2.24) is 10.3 Å². The minimum absolute atomic E-state index is 0.103. The van der Waals surface area contributed by atoms with Gasteiger partial charge in [0.25, 0.3) is 0 Å². The van der Waals surface area contributed by atoms with Crippen LogP contribution in [0, 0.1) is 5.82 Å². The molecule has 118 valence electrons. The van der Waals surface area contributed by atoms with Crippen LogP contribution in [0.3, 0.4) is 0 Å². The minimum Gasteiger partial charge on any atom is -0.351 e. The fraction of sp³-hybridized carbons (Fsp3) is 0.222. The Morgan fingerprint density at radius 1 is 1.43 bits per heavy atom. The SMILES string of the molecule is C=C1CCC(C(=O)NCc2ccc(Br)cc2F)c2cccnc21. The smallest absolute Gasteiger partial charge is 0.227 e. The third-order valence-electron chi connectivity index (χ3n) is 4.07. The molecule has 3 nitrogen and oxygen atoms in total. The van der Waals surface area contributed by atoms with Crippen molar-refractivity contribution in [2.24, 2.45) is 0 Å². The molecule has 0 bridgehead atoms. The predicted octanol–water partition coefficient (Wildman–Crippen LogP) is 4.19. The van der Waals surface area contributed by atoms with Gasteiger partial charge >= 0.3 is 0 Å². The van der Waals surface area contributed by atoms with Gasteiger partial charge in [0.15, 0.2) is 0 Å². The molecular weight excluding hydrogens is 359 g/mol. The summed E-state index contributed by atoms with van der Waals surface area (Å²) in [4.78, 5) is 16.8. The van der Waals surface area contributed by atoms with Crippen LogP contribution in [-0.4, -0.2) is 10.9 Å². The average Bonchev–Trinajstić information content (AvgIpc) is 2.54. The number of amides is 1. The van der Waals surface area contributed by atoms with Gasteiger partial charge in [-0.05, 0) is 42.2 Å². The number of rotatable bonds is 3. The molecule has 0 saturated heterocycles. The van der Waals surface area contributed by atoms with Gasteiger partial charge in [-0.25, -0.2) is 4.39 Å². The molecule has 1 aliphatic rings.